The van der Waals surface area contributed by atoms with E-state index in [1.54, 1.807) is 12.2 Å². The molecule has 7 heteroatoms. The SMILES string of the molecule is O=C(O)CCN1C(=O)/C(=C\C(Cl)=C\c2ccccc2)SC1=S. The molecule has 0 radical (unpaired) electrons. The third-order valence-corrected chi connectivity index (χ3v) is 4.39. The number of rotatable bonds is 5. The van der Waals surface area contributed by atoms with Gasteiger partial charge in [-0.2, -0.15) is 0 Å². The lowest BCUT2D eigenvalue weighted by atomic mass is 10.2. The number of amides is 1. The van der Waals surface area contributed by atoms with Crippen LogP contribution in [-0.2, 0) is 9.59 Å². The van der Waals surface area contributed by atoms with Gasteiger partial charge in [-0.3, -0.25) is 14.5 Å². The van der Waals surface area contributed by atoms with Gasteiger partial charge >= 0.3 is 5.97 Å². The lowest BCUT2D eigenvalue weighted by molar-refractivity contribution is -0.137. The number of benzene rings is 1. The Kier molecular flexibility index (Phi) is 5.76. The number of carboxylic acid groups (broad SMARTS) is 1. The number of allylic oxidation sites excluding steroid dienone is 2. The van der Waals surface area contributed by atoms with Crippen LogP contribution < -0.4 is 0 Å². The summed E-state index contributed by atoms with van der Waals surface area (Å²) in [5.74, 6) is -1.28. The van der Waals surface area contributed by atoms with E-state index in [0.717, 1.165) is 17.3 Å². The molecule has 1 aliphatic heterocycles. The number of thioether (sulfide) groups is 1. The number of hydrogen-bond donors (Lipinski definition) is 1. The van der Waals surface area contributed by atoms with Gasteiger partial charge < -0.3 is 5.11 Å². The fourth-order valence-electron chi connectivity index (χ4n) is 1.78. The average molecular weight is 354 g/mol. The average Bonchev–Trinajstić information content (AvgIpc) is 2.72. The molecule has 114 valence electrons. The minimum Gasteiger partial charge on any atom is -0.481 e. The largest absolute Gasteiger partial charge is 0.481 e. The van der Waals surface area contributed by atoms with Crippen molar-refractivity contribution < 1.29 is 14.7 Å². The molecule has 0 saturated carbocycles. The predicted molar refractivity (Wildman–Crippen MR) is 92.5 cm³/mol. The van der Waals surface area contributed by atoms with Gasteiger partial charge in [0.1, 0.15) is 4.32 Å². The Bertz CT molecular complexity index is 671. The summed E-state index contributed by atoms with van der Waals surface area (Å²) in [5.41, 5.74) is 0.921. The van der Waals surface area contributed by atoms with Crippen molar-refractivity contribution in [3.8, 4) is 0 Å². The van der Waals surface area contributed by atoms with E-state index in [4.69, 9.17) is 28.9 Å². The summed E-state index contributed by atoms with van der Waals surface area (Å²) >= 11 is 12.4. The molecule has 0 atom stereocenters. The van der Waals surface area contributed by atoms with Gasteiger partial charge in [-0.25, -0.2) is 0 Å². The van der Waals surface area contributed by atoms with E-state index in [1.165, 1.54) is 4.90 Å². The molecule has 1 heterocycles. The number of aliphatic carboxylic acids is 1. The Morgan fingerprint density at radius 3 is 2.68 bits per heavy atom. The zero-order chi connectivity index (χ0) is 16.1. The van der Waals surface area contributed by atoms with E-state index in [1.807, 2.05) is 30.3 Å². The maximum Gasteiger partial charge on any atom is 0.305 e. The van der Waals surface area contributed by atoms with Gasteiger partial charge in [-0.05, 0) is 17.7 Å². The molecular formula is C15H12ClNO3S2. The monoisotopic (exact) mass is 353 g/mol. The van der Waals surface area contributed by atoms with Crippen LogP contribution in [0, 0.1) is 0 Å². The Morgan fingerprint density at radius 1 is 1.36 bits per heavy atom. The van der Waals surface area contributed by atoms with E-state index in [-0.39, 0.29) is 18.9 Å². The molecule has 4 nitrogen and oxygen atoms in total. The van der Waals surface area contributed by atoms with Crippen molar-refractivity contribution in [2.75, 3.05) is 6.54 Å². The predicted octanol–water partition coefficient (Wildman–Crippen LogP) is 3.49. The first-order chi connectivity index (χ1) is 10.5. The highest BCUT2D eigenvalue weighted by Crippen LogP contribution is 2.32. The van der Waals surface area contributed by atoms with E-state index in [9.17, 15) is 9.59 Å². The molecule has 1 N–H and O–H groups in total. The zero-order valence-corrected chi connectivity index (χ0v) is 13.7. The number of carbonyl (C=O) groups is 2. The Labute approximate surface area is 142 Å². The standard InChI is InChI=1S/C15H12ClNO3S2/c16-11(8-10-4-2-1-3-5-10)9-12-14(20)17(15(21)22-12)7-6-13(18)19/h1-5,8-9H,6-7H2,(H,18,19)/b11-8-,12-9+. The molecule has 0 unspecified atom stereocenters. The maximum absolute atomic E-state index is 12.2. The van der Waals surface area contributed by atoms with E-state index in [0.29, 0.717) is 14.3 Å². The molecule has 0 bridgehead atoms. The molecule has 1 saturated heterocycles. The molecule has 1 aromatic rings. The first-order valence-corrected chi connectivity index (χ1v) is 7.97. The van der Waals surface area contributed by atoms with Crippen molar-refractivity contribution >= 4 is 57.9 Å². The van der Waals surface area contributed by atoms with Crippen LogP contribution in [0.15, 0.2) is 46.3 Å². The Hall–Kier alpha value is -1.63. The second kappa shape index (κ2) is 7.58. The smallest absolute Gasteiger partial charge is 0.305 e. The van der Waals surface area contributed by atoms with Crippen LogP contribution in [0.4, 0.5) is 0 Å². The van der Waals surface area contributed by atoms with Crippen LogP contribution in [0.3, 0.4) is 0 Å². The third-order valence-electron chi connectivity index (χ3n) is 2.80. The van der Waals surface area contributed by atoms with Crippen molar-refractivity contribution in [3.63, 3.8) is 0 Å². The molecule has 0 aliphatic carbocycles. The first kappa shape index (κ1) is 16.7. The molecule has 0 aromatic heterocycles. The van der Waals surface area contributed by atoms with Gasteiger partial charge in [-0.15, -0.1) is 0 Å². The quantitative estimate of drug-likeness (QED) is 0.648. The van der Waals surface area contributed by atoms with Crippen molar-refractivity contribution in [3.05, 3.63) is 51.9 Å². The van der Waals surface area contributed by atoms with Crippen molar-refractivity contribution in [2.45, 2.75) is 6.42 Å². The van der Waals surface area contributed by atoms with Crippen LogP contribution >= 0.6 is 35.6 Å². The van der Waals surface area contributed by atoms with Crippen molar-refractivity contribution in [1.82, 2.24) is 4.90 Å². The van der Waals surface area contributed by atoms with Gasteiger partial charge in [0.05, 0.1) is 11.3 Å². The molecule has 22 heavy (non-hydrogen) atoms. The molecular weight excluding hydrogens is 342 g/mol. The van der Waals surface area contributed by atoms with Gasteiger partial charge in [0.25, 0.3) is 5.91 Å². The summed E-state index contributed by atoms with van der Waals surface area (Å²) in [4.78, 5) is 24.5. The van der Waals surface area contributed by atoms with Gasteiger partial charge in [-0.1, -0.05) is 65.9 Å². The van der Waals surface area contributed by atoms with Gasteiger partial charge in [0.2, 0.25) is 0 Å². The lowest BCUT2D eigenvalue weighted by Crippen LogP contribution is -2.30. The van der Waals surface area contributed by atoms with Crippen LogP contribution in [-0.4, -0.2) is 32.7 Å². The molecule has 1 amide bonds. The minimum atomic E-state index is -0.972. The van der Waals surface area contributed by atoms with Crippen molar-refractivity contribution in [2.24, 2.45) is 0 Å². The highest BCUT2D eigenvalue weighted by Gasteiger charge is 2.32. The Balaban J connectivity index is 2.12. The lowest BCUT2D eigenvalue weighted by Gasteiger charge is -2.12. The summed E-state index contributed by atoms with van der Waals surface area (Å²) in [5, 5.41) is 9.10. The topological polar surface area (TPSA) is 57.6 Å². The van der Waals surface area contributed by atoms with Gasteiger partial charge in [0, 0.05) is 11.6 Å². The Morgan fingerprint density at radius 2 is 2.05 bits per heavy atom. The van der Waals surface area contributed by atoms with Crippen LogP contribution in [0.1, 0.15) is 12.0 Å². The van der Waals surface area contributed by atoms with Gasteiger partial charge in [0.15, 0.2) is 0 Å². The second-order valence-electron chi connectivity index (χ2n) is 4.42. The first-order valence-electron chi connectivity index (χ1n) is 6.37. The molecule has 1 aliphatic rings. The normalized spacial score (nSPS) is 17.4. The molecule has 1 fully saturated rings. The zero-order valence-electron chi connectivity index (χ0n) is 11.4. The van der Waals surface area contributed by atoms with E-state index >= 15 is 0 Å². The highest BCUT2D eigenvalue weighted by atomic mass is 35.5. The second-order valence-corrected chi connectivity index (χ2v) is 6.53. The fraction of sp³-hybridized carbons (Fsp3) is 0.133. The van der Waals surface area contributed by atoms with Crippen LogP contribution in [0.2, 0.25) is 0 Å². The van der Waals surface area contributed by atoms with Crippen LogP contribution in [0.5, 0.6) is 0 Å². The number of nitrogens with zero attached hydrogens (tertiary/aromatic N) is 1. The number of hydrogen-bond acceptors (Lipinski definition) is 4. The van der Waals surface area contributed by atoms with Crippen molar-refractivity contribution in [1.29, 1.82) is 0 Å². The summed E-state index contributed by atoms with van der Waals surface area (Å²) in [6, 6.07) is 9.48. The number of thiocarbonyl (C=S) groups is 1. The van der Waals surface area contributed by atoms with Crippen LogP contribution in [0.25, 0.3) is 6.08 Å². The summed E-state index contributed by atoms with van der Waals surface area (Å²) in [6.07, 6.45) is 3.15. The highest BCUT2D eigenvalue weighted by molar-refractivity contribution is 8.26. The maximum atomic E-state index is 12.2. The van der Waals surface area contributed by atoms with E-state index < -0.39 is 5.97 Å². The third kappa shape index (κ3) is 4.43. The number of carbonyl (C=O) groups excluding carboxylic acids is 1. The molecule has 1 aromatic carbocycles. The minimum absolute atomic E-state index is 0.0668. The summed E-state index contributed by atoms with van der Waals surface area (Å²) in [6.45, 7) is 0.0668. The number of halogens is 1. The summed E-state index contributed by atoms with van der Waals surface area (Å²) in [7, 11) is 0. The molecule has 0 spiro atoms. The van der Waals surface area contributed by atoms with E-state index in [2.05, 4.69) is 0 Å². The number of carboxylic acids is 1. The summed E-state index contributed by atoms with van der Waals surface area (Å²) < 4.78 is 0.349. The molecule has 2 rings (SSSR count). The fourth-order valence-corrected chi connectivity index (χ4v) is 3.37.